The van der Waals surface area contributed by atoms with Crippen LogP contribution < -0.4 is 0 Å². The molecule has 1 saturated heterocycles. The van der Waals surface area contributed by atoms with E-state index in [0.717, 1.165) is 50.0 Å². The quantitative estimate of drug-likeness (QED) is 0.776. The van der Waals surface area contributed by atoms with Crippen molar-refractivity contribution in [3.63, 3.8) is 0 Å². The molecule has 0 N–H and O–H groups in total. The van der Waals surface area contributed by atoms with Gasteiger partial charge >= 0.3 is 0 Å². The van der Waals surface area contributed by atoms with Crippen LogP contribution in [0.1, 0.15) is 55.5 Å². The van der Waals surface area contributed by atoms with Crippen molar-refractivity contribution < 1.29 is 9.59 Å². The Balaban J connectivity index is 2.09. The van der Waals surface area contributed by atoms with Crippen LogP contribution in [0.3, 0.4) is 0 Å². The van der Waals surface area contributed by atoms with Crippen LogP contribution in [0.2, 0.25) is 0 Å². The zero-order valence-electron chi connectivity index (χ0n) is 13.7. The van der Waals surface area contributed by atoms with Crippen molar-refractivity contribution in [1.29, 1.82) is 0 Å². The van der Waals surface area contributed by atoms with Crippen molar-refractivity contribution in [1.82, 2.24) is 9.80 Å². The average molecular weight is 302 g/mol. The Morgan fingerprint density at radius 1 is 1.23 bits per heavy atom. The van der Waals surface area contributed by atoms with Gasteiger partial charge in [0.1, 0.15) is 0 Å². The van der Waals surface area contributed by atoms with Gasteiger partial charge in [0.25, 0.3) is 5.91 Å². The number of likely N-dealkylation sites (tertiary alicyclic amines) is 1. The van der Waals surface area contributed by atoms with Crippen molar-refractivity contribution in [2.45, 2.75) is 46.1 Å². The summed E-state index contributed by atoms with van der Waals surface area (Å²) in [5, 5.41) is 0. The second-order valence-electron chi connectivity index (χ2n) is 5.91. The van der Waals surface area contributed by atoms with Crippen LogP contribution in [0.25, 0.3) is 0 Å². The minimum Gasteiger partial charge on any atom is -0.339 e. The number of nitrogens with zero attached hydrogens (tertiary/aromatic N) is 2. The molecule has 0 atom stereocenters. The first-order valence-corrected chi connectivity index (χ1v) is 8.31. The Morgan fingerprint density at radius 3 is 2.55 bits per heavy atom. The topological polar surface area (TPSA) is 40.6 Å². The first kappa shape index (κ1) is 16.5. The molecule has 1 aromatic carbocycles. The van der Waals surface area contributed by atoms with E-state index in [4.69, 9.17) is 0 Å². The molecule has 1 heterocycles. The zero-order valence-corrected chi connectivity index (χ0v) is 13.7. The molecule has 1 aromatic rings. The molecule has 4 heteroatoms. The van der Waals surface area contributed by atoms with Crippen molar-refractivity contribution in [3.8, 4) is 0 Å². The van der Waals surface area contributed by atoms with Gasteiger partial charge in [-0.1, -0.05) is 26.0 Å². The summed E-state index contributed by atoms with van der Waals surface area (Å²) in [5.41, 5.74) is 1.76. The number of rotatable bonds is 7. The van der Waals surface area contributed by atoms with E-state index in [2.05, 4.69) is 13.8 Å². The minimum atomic E-state index is 0.0956. The van der Waals surface area contributed by atoms with E-state index in [1.807, 2.05) is 34.1 Å². The predicted molar refractivity (Wildman–Crippen MR) is 87.6 cm³/mol. The molecule has 120 valence electrons. The van der Waals surface area contributed by atoms with E-state index in [9.17, 15) is 9.59 Å². The molecule has 2 rings (SSSR count). The van der Waals surface area contributed by atoms with Crippen molar-refractivity contribution in [2.24, 2.45) is 0 Å². The van der Waals surface area contributed by atoms with Gasteiger partial charge in [-0.05, 0) is 37.0 Å². The van der Waals surface area contributed by atoms with E-state index >= 15 is 0 Å². The van der Waals surface area contributed by atoms with E-state index in [1.54, 1.807) is 0 Å². The maximum Gasteiger partial charge on any atom is 0.253 e. The van der Waals surface area contributed by atoms with Crippen LogP contribution in [0.5, 0.6) is 0 Å². The lowest BCUT2D eigenvalue weighted by Gasteiger charge is -2.22. The van der Waals surface area contributed by atoms with Crippen LogP contribution in [0.4, 0.5) is 0 Å². The second kappa shape index (κ2) is 7.97. The molecule has 1 aliphatic rings. The molecule has 22 heavy (non-hydrogen) atoms. The van der Waals surface area contributed by atoms with E-state index in [1.165, 1.54) is 0 Å². The number of hydrogen-bond donors (Lipinski definition) is 0. The highest BCUT2D eigenvalue weighted by Gasteiger charge is 2.21. The van der Waals surface area contributed by atoms with Crippen LogP contribution in [0, 0.1) is 0 Å². The Hall–Kier alpha value is -1.84. The highest BCUT2D eigenvalue weighted by Crippen LogP contribution is 2.16. The number of carbonyl (C=O) groups excluding carboxylic acids is 2. The summed E-state index contributed by atoms with van der Waals surface area (Å²) in [5.74, 6) is 0.314. The van der Waals surface area contributed by atoms with Gasteiger partial charge < -0.3 is 9.80 Å². The summed E-state index contributed by atoms with van der Waals surface area (Å²) < 4.78 is 0. The Labute approximate surface area is 133 Å². The summed E-state index contributed by atoms with van der Waals surface area (Å²) >= 11 is 0. The molecule has 0 bridgehead atoms. The van der Waals surface area contributed by atoms with Gasteiger partial charge in [-0.25, -0.2) is 0 Å². The minimum absolute atomic E-state index is 0.0956. The lowest BCUT2D eigenvalue weighted by Crippen LogP contribution is -2.32. The molecule has 1 fully saturated rings. The van der Waals surface area contributed by atoms with Gasteiger partial charge in [0, 0.05) is 38.2 Å². The van der Waals surface area contributed by atoms with E-state index < -0.39 is 0 Å². The van der Waals surface area contributed by atoms with Crippen molar-refractivity contribution in [2.75, 3.05) is 19.6 Å². The van der Waals surface area contributed by atoms with Crippen LogP contribution in [-0.2, 0) is 11.3 Å². The van der Waals surface area contributed by atoms with Gasteiger partial charge in [0.15, 0.2) is 0 Å². The SMILES string of the molecule is CCCN(CCC)C(=O)c1cccc(CN2CCCC2=O)c1. The fraction of sp³-hybridized carbons (Fsp3) is 0.556. The van der Waals surface area contributed by atoms with Crippen LogP contribution >= 0.6 is 0 Å². The summed E-state index contributed by atoms with van der Waals surface area (Å²) in [6.07, 6.45) is 3.53. The summed E-state index contributed by atoms with van der Waals surface area (Å²) in [4.78, 5) is 28.1. The first-order chi connectivity index (χ1) is 10.7. The van der Waals surface area contributed by atoms with Gasteiger partial charge in [-0.2, -0.15) is 0 Å². The zero-order chi connectivity index (χ0) is 15.9. The van der Waals surface area contributed by atoms with Gasteiger partial charge in [-0.3, -0.25) is 9.59 Å². The lowest BCUT2D eigenvalue weighted by molar-refractivity contribution is -0.128. The number of carbonyl (C=O) groups is 2. The molecule has 0 saturated carbocycles. The summed E-state index contributed by atoms with van der Waals surface area (Å²) in [7, 11) is 0. The molecule has 0 spiro atoms. The monoisotopic (exact) mass is 302 g/mol. The van der Waals surface area contributed by atoms with Crippen molar-refractivity contribution in [3.05, 3.63) is 35.4 Å². The number of benzene rings is 1. The van der Waals surface area contributed by atoms with Gasteiger partial charge in [-0.15, -0.1) is 0 Å². The Bertz CT molecular complexity index is 522. The maximum atomic E-state index is 12.6. The highest BCUT2D eigenvalue weighted by molar-refractivity contribution is 5.94. The highest BCUT2D eigenvalue weighted by atomic mass is 16.2. The van der Waals surface area contributed by atoms with Crippen molar-refractivity contribution >= 4 is 11.8 Å². The second-order valence-corrected chi connectivity index (χ2v) is 5.91. The van der Waals surface area contributed by atoms with Crippen LogP contribution in [-0.4, -0.2) is 41.2 Å². The molecular weight excluding hydrogens is 276 g/mol. The fourth-order valence-electron chi connectivity index (χ4n) is 2.93. The maximum absolute atomic E-state index is 12.6. The third-order valence-corrected chi connectivity index (χ3v) is 3.99. The number of hydrogen-bond acceptors (Lipinski definition) is 2. The molecule has 4 nitrogen and oxygen atoms in total. The van der Waals surface area contributed by atoms with E-state index in [0.29, 0.717) is 13.0 Å². The van der Waals surface area contributed by atoms with Gasteiger partial charge in [0.2, 0.25) is 5.91 Å². The van der Waals surface area contributed by atoms with Gasteiger partial charge in [0.05, 0.1) is 0 Å². The summed E-state index contributed by atoms with van der Waals surface area (Å²) in [6.45, 7) is 7.20. The number of amides is 2. The smallest absolute Gasteiger partial charge is 0.253 e. The predicted octanol–water partition coefficient (Wildman–Crippen LogP) is 3.07. The standard InChI is InChI=1S/C18H26N2O2/c1-3-10-19(11-4-2)18(22)16-8-5-7-15(13-16)14-20-12-6-9-17(20)21/h5,7-8,13H,3-4,6,9-12,14H2,1-2H3. The van der Waals surface area contributed by atoms with E-state index in [-0.39, 0.29) is 11.8 Å². The molecular formula is C18H26N2O2. The first-order valence-electron chi connectivity index (χ1n) is 8.31. The average Bonchev–Trinajstić information content (AvgIpc) is 2.92. The van der Waals surface area contributed by atoms with Crippen LogP contribution in [0.15, 0.2) is 24.3 Å². The molecule has 0 aliphatic carbocycles. The third kappa shape index (κ3) is 4.09. The molecule has 0 aromatic heterocycles. The Kier molecular flexibility index (Phi) is 5.99. The summed E-state index contributed by atoms with van der Waals surface area (Å²) in [6, 6.07) is 7.72. The fourth-order valence-corrected chi connectivity index (χ4v) is 2.93. The lowest BCUT2D eigenvalue weighted by atomic mass is 10.1. The molecule has 2 amide bonds. The Morgan fingerprint density at radius 2 is 1.95 bits per heavy atom. The molecule has 0 unspecified atom stereocenters. The molecule has 0 radical (unpaired) electrons. The normalized spacial score (nSPS) is 14.5. The largest absolute Gasteiger partial charge is 0.339 e. The third-order valence-electron chi connectivity index (χ3n) is 3.99. The molecule has 1 aliphatic heterocycles.